The highest BCUT2D eigenvalue weighted by Gasteiger charge is 2.25. The minimum Gasteiger partial charge on any atom is -0.332 e. The van der Waals surface area contributed by atoms with Crippen LogP contribution in [0.25, 0.3) is 0 Å². The molecule has 4 heteroatoms. The highest BCUT2D eigenvalue weighted by atomic mass is 15.3. The van der Waals surface area contributed by atoms with E-state index in [0.29, 0.717) is 0 Å². The van der Waals surface area contributed by atoms with Crippen molar-refractivity contribution in [2.75, 3.05) is 37.6 Å². The molecule has 104 valence electrons. The van der Waals surface area contributed by atoms with E-state index in [2.05, 4.69) is 14.9 Å². The van der Waals surface area contributed by atoms with Crippen LogP contribution in [0.15, 0.2) is 18.5 Å². The summed E-state index contributed by atoms with van der Waals surface area (Å²) < 4.78 is 0. The van der Waals surface area contributed by atoms with E-state index in [1.54, 1.807) is 4.90 Å². The Morgan fingerprint density at radius 3 is 2.42 bits per heavy atom. The van der Waals surface area contributed by atoms with Crippen LogP contribution in [0.1, 0.15) is 32.1 Å². The van der Waals surface area contributed by atoms with E-state index in [1.807, 2.05) is 18.5 Å². The lowest BCUT2D eigenvalue weighted by Crippen LogP contribution is -3.15. The third kappa shape index (κ3) is 3.44. The minimum absolute atomic E-state index is 0.902. The van der Waals surface area contributed by atoms with Crippen molar-refractivity contribution in [1.29, 1.82) is 0 Å². The first kappa shape index (κ1) is 12.9. The lowest BCUT2D eigenvalue weighted by molar-refractivity contribution is -0.904. The number of nitrogens with zero attached hydrogens (tertiary/aromatic N) is 3. The normalized spacial score (nSPS) is 22.6. The van der Waals surface area contributed by atoms with Gasteiger partial charge in [0.25, 0.3) is 0 Å². The van der Waals surface area contributed by atoms with Gasteiger partial charge in [-0.1, -0.05) is 19.3 Å². The van der Waals surface area contributed by atoms with Gasteiger partial charge in [0, 0.05) is 18.3 Å². The number of hydrogen-bond acceptors (Lipinski definition) is 3. The molecule has 0 atom stereocenters. The summed E-state index contributed by atoms with van der Waals surface area (Å²) in [6, 6.07) is 1.88. The van der Waals surface area contributed by atoms with Crippen molar-refractivity contribution in [2.24, 2.45) is 5.92 Å². The van der Waals surface area contributed by atoms with Crippen molar-refractivity contribution in [3.05, 3.63) is 18.5 Å². The van der Waals surface area contributed by atoms with Crippen molar-refractivity contribution in [3.63, 3.8) is 0 Å². The Kier molecular flexibility index (Phi) is 4.28. The van der Waals surface area contributed by atoms with Gasteiger partial charge in [-0.3, -0.25) is 0 Å². The number of rotatable bonds is 3. The van der Waals surface area contributed by atoms with E-state index in [0.717, 1.165) is 25.0 Å². The predicted molar refractivity (Wildman–Crippen MR) is 76.4 cm³/mol. The summed E-state index contributed by atoms with van der Waals surface area (Å²) in [5.74, 6) is 1.89. The Morgan fingerprint density at radius 1 is 1.05 bits per heavy atom. The predicted octanol–water partition coefficient (Wildman–Crippen LogP) is 0.762. The summed E-state index contributed by atoms with van der Waals surface area (Å²) in [7, 11) is 0. The molecule has 0 bridgehead atoms. The maximum absolute atomic E-state index is 4.35. The zero-order valence-corrected chi connectivity index (χ0v) is 11.7. The molecule has 0 radical (unpaired) electrons. The summed E-state index contributed by atoms with van der Waals surface area (Å²) in [6.45, 7) is 6.09. The topological polar surface area (TPSA) is 33.5 Å². The first-order chi connectivity index (χ1) is 9.42. The molecule has 0 aromatic carbocycles. The Hall–Kier alpha value is -1.16. The highest BCUT2D eigenvalue weighted by molar-refractivity contribution is 5.28. The Morgan fingerprint density at radius 2 is 1.74 bits per heavy atom. The lowest BCUT2D eigenvalue weighted by atomic mass is 9.89. The summed E-state index contributed by atoms with van der Waals surface area (Å²) >= 11 is 0. The molecule has 1 saturated heterocycles. The summed E-state index contributed by atoms with van der Waals surface area (Å²) in [5, 5.41) is 0. The Bertz CT molecular complexity index is 367. The third-order valence-corrected chi connectivity index (χ3v) is 4.61. The van der Waals surface area contributed by atoms with E-state index in [9.17, 15) is 0 Å². The van der Waals surface area contributed by atoms with Gasteiger partial charge in [0.1, 0.15) is 0 Å². The van der Waals surface area contributed by atoms with E-state index in [4.69, 9.17) is 0 Å². The van der Waals surface area contributed by atoms with E-state index in [1.165, 1.54) is 51.7 Å². The SMILES string of the molecule is c1cnc(N2CC[NH+](CC3CCCCC3)CC2)nc1. The van der Waals surface area contributed by atoms with Gasteiger partial charge >= 0.3 is 0 Å². The van der Waals surface area contributed by atoms with Crippen LogP contribution in [0.5, 0.6) is 0 Å². The largest absolute Gasteiger partial charge is 0.332 e. The monoisotopic (exact) mass is 261 g/mol. The van der Waals surface area contributed by atoms with Crippen LogP contribution < -0.4 is 9.80 Å². The molecule has 2 aliphatic rings. The molecule has 4 nitrogen and oxygen atoms in total. The summed E-state index contributed by atoms with van der Waals surface area (Å²) in [6.07, 6.45) is 11.0. The van der Waals surface area contributed by atoms with Crippen molar-refractivity contribution < 1.29 is 4.90 Å². The second-order valence-corrected chi connectivity index (χ2v) is 5.99. The molecule has 0 amide bonds. The van der Waals surface area contributed by atoms with E-state index in [-0.39, 0.29) is 0 Å². The molecular formula is C15H25N4+. The molecule has 1 aromatic rings. The van der Waals surface area contributed by atoms with Crippen LogP contribution in [0.4, 0.5) is 5.95 Å². The fourth-order valence-corrected chi connectivity index (χ4v) is 3.48. The molecule has 1 saturated carbocycles. The highest BCUT2D eigenvalue weighted by Crippen LogP contribution is 2.22. The van der Waals surface area contributed by atoms with Crippen molar-refractivity contribution >= 4 is 5.95 Å². The first-order valence-electron chi connectivity index (χ1n) is 7.77. The van der Waals surface area contributed by atoms with Crippen molar-refractivity contribution in [1.82, 2.24) is 9.97 Å². The van der Waals surface area contributed by atoms with Crippen LogP contribution in [0.2, 0.25) is 0 Å². The fourth-order valence-electron chi connectivity index (χ4n) is 3.48. The van der Waals surface area contributed by atoms with Crippen LogP contribution >= 0.6 is 0 Å². The molecule has 19 heavy (non-hydrogen) atoms. The van der Waals surface area contributed by atoms with Crippen LogP contribution in [0, 0.1) is 5.92 Å². The number of nitrogens with one attached hydrogen (secondary N) is 1. The minimum atomic E-state index is 0.902. The zero-order chi connectivity index (χ0) is 12.9. The van der Waals surface area contributed by atoms with Gasteiger partial charge in [-0.05, 0) is 18.9 Å². The van der Waals surface area contributed by atoms with Gasteiger partial charge in [0.2, 0.25) is 5.95 Å². The third-order valence-electron chi connectivity index (χ3n) is 4.61. The molecule has 2 fully saturated rings. The standard InChI is InChI=1S/C15H24N4/c1-2-5-14(6-3-1)13-18-9-11-19(12-10-18)15-16-7-4-8-17-15/h4,7-8,14H,1-3,5-6,9-13H2/p+1. The lowest BCUT2D eigenvalue weighted by Gasteiger charge is -2.34. The van der Waals surface area contributed by atoms with Gasteiger partial charge in [-0.25, -0.2) is 9.97 Å². The fraction of sp³-hybridized carbons (Fsp3) is 0.733. The van der Waals surface area contributed by atoms with E-state index >= 15 is 0 Å². The van der Waals surface area contributed by atoms with Crippen LogP contribution in [-0.2, 0) is 0 Å². The van der Waals surface area contributed by atoms with Crippen molar-refractivity contribution in [2.45, 2.75) is 32.1 Å². The molecule has 1 N–H and O–H groups in total. The smallest absolute Gasteiger partial charge is 0.225 e. The zero-order valence-electron chi connectivity index (χ0n) is 11.7. The molecule has 2 heterocycles. The molecule has 0 unspecified atom stereocenters. The molecule has 1 aromatic heterocycles. The number of hydrogen-bond donors (Lipinski definition) is 1. The second-order valence-electron chi connectivity index (χ2n) is 5.99. The van der Waals surface area contributed by atoms with Gasteiger partial charge < -0.3 is 9.80 Å². The maximum atomic E-state index is 4.35. The quantitative estimate of drug-likeness (QED) is 0.872. The Balaban J connectivity index is 1.46. The van der Waals surface area contributed by atoms with Crippen molar-refractivity contribution in [3.8, 4) is 0 Å². The molecular weight excluding hydrogens is 236 g/mol. The maximum Gasteiger partial charge on any atom is 0.225 e. The number of piperazine rings is 1. The molecule has 1 aliphatic heterocycles. The summed E-state index contributed by atoms with van der Waals surface area (Å²) in [4.78, 5) is 12.8. The Labute approximate surface area is 115 Å². The van der Waals surface area contributed by atoms with Gasteiger partial charge in [0.05, 0.1) is 32.7 Å². The summed E-state index contributed by atoms with van der Waals surface area (Å²) in [5.41, 5.74) is 0. The van der Waals surface area contributed by atoms with Gasteiger partial charge in [-0.2, -0.15) is 0 Å². The average molecular weight is 261 g/mol. The molecule has 0 spiro atoms. The van der Waals surface area contributed by atoms with Crippen LogP contribution in [-0.4, -0.2) is 42.7 Å². The second kappa shape index (κ2) is 6.33. The van der Waals surface area contributed by atoms with Gasteiger partial charge in [0.15, 0.2) is 0 Å². The van der Waals surface area contributed by atoms with Crippen LogP contribution in [0.3, 0.4) is 0 Å². The van der Waals surface area contributed by atoms with E-state index < -0.39 is 0 Å². The van der Waals surface area contributed by atoms with Gasteiger partial charge in [-0.15, -0.1) is 0 Å². The average Bonchev–Trinajstić information content (AvgIpc) is 2.50. The molecule has 1 aliphatic carbocycles. The number of quaternary nitrogens is 1. The first-order valence-corrected chi connectivity index (χ1v) is 7.77. The number of aromatic nitrogens is 2. The number of anilines is 1. The molecule has 3 rings (SSSR count).